The molecule has 6 nitrogen and oxygen atoms in total. The summed E-state index contributed by atoms with van der Waals surface area (Å²) in [5.41, 5.74) is 5.64. The molecule has 0 spiro atoms. The van der Waals surface area contributed by atoms with E-state index < -0.39 is 10.2 Å². The molecule has 106 valence electrons. The SMILES string of the molecule is CC(CN)N1CCN(S(=O)(=O)N2CCCC2)CC1. The standard InChI is InChI=1S/C11H24N4O2S/c1-11(10-12)13-6-8-15(9-7-13)18(16,17)14-4-2-3-5-14/h11H,2-10,12H2,1H3. The number of nitrogens with two attached hydrogens (primary N) is 1. The van der Waals surface area contributed by atoms with Gasteiger partial charge in [0.1, 0.15) is 0 Å². The van der Waals surface area contributed by atoms with Crippen LogP contribution in [0.5, 0.6) is 0 Å². The molecule has 2 aliphatic heterocycles. The van der Waals surface area contributed by atoms with E-state index >= 15 is 0 Å². The molecule has 1 atom stereocenters. The molecule has 0 aromatic carbocycles. The number of hydrogen-bond acceptors (Lipinski definition) is 4. The molecule has 7 heteroatoms. The molecule has 1 unspecified atom stereocenters. The average Bonchev–Trinajstić information content (AvgIpc) is 2.92. The zero-order valence-corrected chi connectivity index (χ0v) is 11.9. The molecule has 2 fully saturated rings. The Hall–Kier alpha value is -0.210. The number of hydrogen-bond donors (Lipinski definition) is 1. The van der Waals surface area contributed by atoms with Gasteiger partial charge in [-0.3, -0.25) is 4.90 Å². The van der Waals surface area contributed by atoms with E-state index in [1.807, 2.05) is 0 Å². The highest BCUT2D eigenvalue weighted by Gasteiger charge is 2.34. The van der Waals surface area contributed by atoms with Gasteiger partial charge in [-0.2, -0.15) is 17.0 Å². The lowest BCUT2D eigenvalue weighted by Gasteiger charge is -2.38. The third-order valence-corrected chi connectivity index (χ3v) is 5.99. The van der Waals surface area contributed by atoms with Gasteiger partial charge >= 0.3 is 0 Å². The van der Waals surface area contributed by atoms with Crippen molar-refractivity contribution in [3.63, 3.8) is 0 Å². The molecule has 0 aromatic heterocycles. The highest BCUT2D eigenvalue weighted by molar-refractivity contribution is 7.86. The average molecular weight is 276 g/mol. The molecule has 0 amide bonds. The zero-order chi connectivity index (χ0) is 13.2. The fraction of sp³-hybridized carbons (Fsp3) is 1.00. The molecule has 2 saturated heterocycles. The first-order valence-corrected chi connectivity index (χ1v) is 8.14. The maximum atomic E-state index is 12.3. The first kappa shape index (κ1) is 14.2. The summed E-state index contributed by atoms with van der Waals surface area (Å²) in [5.74, 6) is 0. The predicted molar refractivity (Wildman–Crippen MR) is 71.4 cm³/mol. The van der Waals surface area contributed by atoms with Gasteiger partial charge in [0.05, 0.1) is 0 Å². The fourth-order valence-electron chi connectivity index (χ4n) is 2.61. The van der Waals surface area contributed by atoms with E-state index in [0.717, 1.165) is 25.9 Å². The van der Waals surface area contributed by atoms with Crippen LogP contribution in [-0.4, -0.2) is 73.8 Å². The monoisotopic (exact) mass is 276 g/mol. The Morgan fingerprint density at radius 3 is 2.00 bits per heavy atom. The van der Waals surface area contributed by atoms with Gasteiger partial charge in [0.2, 0.25) is 0 Å². The molecule has 2 N–H and O–H groups in total. The summed E-state index contributed by atoms with van der Waals surface area (Å²) in [7, 11) is -3.21. The lowest BCUT2D eigenvalue weighted by Crippen LogP contribution is -2.55. The molecule has 0 bridgehead atoms. The number of nitrogens with zero attached hydrogens (tertiary/aromatic N) is 3. The maximum Gasteiger partial charge on any atom is 0.282 e. The third kappa shape index (κ3) is 2.85. The van der Waals surface area contributed by atoms with Crippen molar-refractivity contribution in [2.45, 2.75) is 25.8 Å². The smallest absolute Gasteiger partial charge is 0.282 e. The molecule has 2 aliphatic rings. The lowest BCUT2D eigenvalue weighted by atomic mass is 10.2. The van der Waals surface area contributed by atoms with Gasteiger partial charge in [0.15, 0.2) is 0 Å². The van der Waals surface area contributed by atoms with Gasteiger partial charge < -0.3 is 5.73 Å². The van der Waals surface area contributed by atoms with Crippen LogP contribution in [0.4, 0.5) is 0 Å². The minimum Gasteiger partial charge on any atom is -0.329 e. The Balaban J connectivity index is 1.92. The predicted octanol–water partition coefficient (Wildman–Crippen LogP) is -0.708. The summed E-state index contributed by atoms with van der Waals surface area (Å²) in [4.78, 5) is 2.26. The first-order valence-electron chi connectivity index (χ1n) is 6.75. The number of piperazine rings is 1. The van der Waals surface area contributed by atoms with Crippen LogP contribution in [0.1, 0.15) is 19.8 Å². The molecule has 0 aromatic rings. The second kappa shape index (κ2) is 5.83. The quantitative estimate of drug-likeness (QED) is 0.736. The van der Waals surface area contributed by atoms with Crippen LogP contribution in [-0.2, 0) is 10.2 Å². The van der Waals surface area contributed by atoms with Crippen LogP contribution in [0.15, 0.2) is 0 Å². The second-order valence-electron chi connectivity index (χ2n) is 5.13. The minimum absolute atomic E-state index is 0.335. The maximum absolute atomic E-state index is 12.3. The van der Waals surface area contributed by atoms with Gasteiger partial charge in [-0.1, -0.05) is 0 Å². The fourth-order valence-corrected chi connectivity index (χ4v) is 4.28. The molecule has 2 heterocycles. The van der Waals surface area contributed by atoms with Crippen molar-refractivity contribution in [2.75, 3.05) is 45.8 Å². The van der Waals surface area contributed by atoms with E-state index in [1.165, 1.54) is 0 Å². The highest BCUT2D eigenvalue weighted by Crippen LogP contribution is 2.18. The Kier molecular flexibility index (Phi) is 4.60. The Bertz CT molecular complexity index is 359. The van der Waals surface area contributed by atoms with E-state index in [9.17, 15) is 8.42 Å². The van der Waals surface area contributed by atoms with Crippen LogP contribution < -0.4 is 5.73 Å². The van der Waals surface area contributed by atoms with Crippen LogP contribution >= 0.6 is 0 Å². The first-order chi connectivity index (χ1) is 8.55. The van der Waals surface area contributed by atoms with E-state index in [0.29, 0.717) is 38.8 Å². The van der Waals surface area contributed by atoms with E-state index in [-0.39, 0.29) is 0 Å². The van der Waals surface area contributed by atoms with Crippen LogP contribution in [0, 0.1) is 0 Å². The molecule has 0 aliphatic carbocycles. The van der Waals surface area contributed by atoms with E-state index in [1.54, 1.807) is 8.61 Å². The van der Waals surface area contributed by atoms with Crippen molar-refractivity contribution >= 4 is 10.2 Å². The third-order valence-electron chi connectivity index (χ3n) is 3.96. The van der Waals surface area contributed by atoms with Crippen LogP contribution in [0.3, 0.4) is 0 Å². The van der Waals surface area contributed by atoms with Gasteiger partial charge in [-0.05, 0) is 19.8 Å². The van der Waals surface area contributed by atoms with Crippen LogP contribution in [0.25, 0.3) is 0 Å². The summed E-state index contributed by atoms with van der Waals surface area (Å²) in [5, 5.41) is 0. The Morgan fingerprint density at radius 2 is 1.50 bits per heavy atom. The summed E-state index contributed by atoms with van der Waals surface area (Å²) < 4.78 is 27.9. The van der Waals surface area contributed by atoms with E-state index in [2.05, 4.69) is 11.8 Å². The molecule has 0 saturated carbocycles. The summed E-state index contributed by atoms with van der Waals surface area (Å²) in [6.07, 6.45) is 1.98. The largest absolute Gasteiger partial charge is 0.329 e. The molecule has 2 rings (SSSR count). The zero-order valence-electron chi connectivity index (χ0n) is 11.1. The van der Waals surface area contributed by atoms with Gasteiger partial charge in [0, 0.05) is 51.9 Å². The topological polar surface area (TPSA) is 69.9 Å². The van der Waals surface area contributed by atoms with Gasteiger partial charge in [-0.15, -0.1) is 0 Å². The van der Waals surface area contributed by atoms with Crippen molar-refractivity contribution in [1.82, 2.24) is 13.5 Å². The van der Waals surface area contributed by atoms with Crippen molar-refractivity contribution in [3.05, 3.63) is 0 Å². The van der Waals surface area contributed by atoms with Gasteiger partial charge in [0.25, 0.3) is 10.2 Å². The van der Waals surface area contributed by atoms with Crippen molar-refractivity contribution in [3.8, 4) is 0 Å². The second-order valence-corrected chi connectivity index (χ2v) is 7.06. The van der Waals surface area contributed by atoms with Crippen molar-refractivity contribution in [2.24, 2.45) is 5.73 Å². The Labute approximate surface area is 110 Å². The summed E-state index contributed by atoms with van der Waals surface area (Å²) in [6, 6.07) is 0.335. The number of rotatable bonds is 4. The van der Waals surface area contributed by atoms with Gasteiger partial charge in [-0.25, -0.2) is 0 Å². The highest BCUT2D eigenvalue weighted by atomic mass is 32.2. The van der Waals surface area contributed by atoms with Crippen LogP contribution in [0.2, 0.25) is 0 Å². The summed E-state index contributed by atoms with van der Waals surface area (Å²) >= 11 is 0. The molecular formula is C11H24N4O2S. The minimum atomic E-state index is -3.21. The molecule has 0 radical (unpaired) electrons. The lowest BCUT2D eigenvalue weighted by molar-refractivity contribution is 0.145. The molecule has 18 heavy (non-hydrogen) atoms. The van der Waals surface area contributed by atoms with Crippen molar-refractivity contribution in [1.29, 1.82) is 0 Å². The van der Waals surface area contributed by atoms with E-state index in [4.69, 9.17) is 5.73 Å². The molecular weight excluding hydrogens is 252 g/mol. The summed E-state index contributed by atoms with van der Waals surface area (Å²) in [6.45, 7) is 6.82. The van der Waals surface area contributed by atoms with Crippen molar-refractivity contribution < 1.29 is 8.42 Å². The Morgan fingerprint density at radius 1 is 1.00 bits per heavy atom. The normalized spacial score (nSPS) is 26.6.